The molecule has 2 aromatic heterocycles. The van der Waals surface area contributed by atoms with Crippen molar-refractivity contribution in [2.75, 3.05) is 5.32 Å². The predicted octanol–water partition coefficient (Wildman–Crippen LogP) is 3.82. The van der Waals surface area contributed by atoms with Gasteiger partial charge in [-0.15, -0.1) is 0 Å². The standard InChI is InChI=1S/C19H27N5/c1-13-3-7-15(8-4-13)22-19-20-10-9-17(23-19)16-12-21-24(2)18(16)11-14-5-6-14/h9-10,12-15H,3-8,11H2,1-2H3,(H,20,22,23). The van der Waals surface area contributed by atoms with E-state index in [0.29, 0.717) is 6.04 Å². The SMILES string of the molecule is CC1CCC(Nc2nccc(-c3cnn(C)c3CC3CC3)n2)CC1. The predicted molar refractivity (Wildman–Crippen MR) is 95.7 cm³/mol. The molecule has 24 heavy (non-hydrogen) atoms. The maximum Gasteiger partial charge on any atom is 0.223 e. The van der Waals surface area contributed by atoms with Crippen LogP contribution in [0.3, 0.4) is 0 Å². The first-order valence-corrected chi connectivity index (χ1v) is 9.30. The van der Waals surface area contributed by atoms with Gasteiger partial charge in [0, 0.05) is 30.5 Å². The highest BCUT2D eigenvalue weighted by atomic mass is 15.3. The normalized spacial score (nSPS) is 24.1. The molecule has 2 heterocycles. The molecule has 0 amide bonds. The van der Waals surface area contributed by atoms with E-state index in [1.807, 2.05) is 30.2 Å². The van der Waals surface area contributed by atoms with Crippen molar-refractivity contribution in [3.63, 3.8) is 0 Å². The third kappa shape index (κ3) is 3.45. The summed E-state index contributed by atoms with van der Waals surface area (Å²) < 4.78 is 2.01. The van der Waals surface area contributed by atoms with E-state index in [4.69, 9.17) is 4.98 Å². The van der Waals surface area contributed by atoms with Gasteiger partial charge in [-0.3, -0.25) is 4.68 Å². The first-order chi connectivity index (χ1) is 11.7. The van der Waals surface area contributed by atoms with Crippen LogP contribution in [-0.2, 0) is 13.5 Å². The van der Waals surface area contributed by atoms with Gasteiger partial charge in [-0.2, -0.15) is 5.10 Å². The van der Waals surface area contributed by atoms with Gasteiger partial charge in [0.2, 0.25) is 5.95 Å². The lowest BCUT2D eigenvalue weighted by atomic mass is 9.87. The third-order valence-electron chi connectivity index (χ3n) is 5.52. The van der Waals surface area contributed by atoms with Crippen LogP contribution >= 0.6 is 0 Å². The Morgan fingerprint density at radius 3 is 2.71 bits per heavy atom. The molecule has 0 aliphatic heterocycles. The number of anilines is 1. The Labute approximate surface area is 143 Å². The first kappa shape index (κ1) is 15.6. The lowest BCUT2D eigenvalue weighted by Crippen LogP contribution is -2.26. The summed E-state index contributed by atoms with van der Waals surface area (Å²) in [6, 6.07) is 2.51. The number of nitrogens with one attached hydrogen (secondary N) is 1. The van der Waals surface area contributed by atoms with E-state index in [0.717, 1.165) is 35.5 Å². The average Bonchev–Trinajstić information content (AvgIpc) is 3.33. The summed E-state index contributed by atoms with van der Waals surface area (Å²) >= 11 is 0. The van der Waals surface area contributed by atoms with Crippen LogP contribution in [0.5, 0.6) is 0 Å². The van der Waals surface area contributed by atoms with Crippen LogP contribution < -0.4 is 5.32 Å². The highest BCUT2D eigenvalue weighted by Crippen LogP contribution is 2.35. The third-order valence-corrected chi connectivity index (χ3v) is 5.52. The van der Waals surface area contributed by atoms with Gasteiger partial charge in [0.1, 0.15) is 0 Å². The van der Waals surface area contributed by atoms with Gasteiger partial charge < -0.3 is 5.32 Å². The molecule has 2 fully saturated rings. The van der Waals surface area contributed by atoms with E-state index in [1.165, 1.54) is 44.2 Å². The van der Waals surface area contributed by atoms with E-state index in [9.17, 15) is 0 Å². The largest absolute Gasteiger partial charge is 0.351 e. The molecule has 2 aromatic rings. The molecule has 128 valence electrons. The molecule has 0 atom stereocenters. The minimum Gasteiger partial charge on any atom is -0.351 e. The Morgan fingerprint density at radius 1 is 1.17 bits per heavy atom. The molecule has 0 aromatic carbocycles. The fourth-order valence-electron chi connectivity index (χ4n) is 3.68. The summed E-state index contributed by atoms with van der Waals surface area (Å²) in [4.78, 5) is 9.22. The molecular weight excluding hydrogens is 298 g/mol. The van der Waals surface area contributed by atoms with E-state index in [1.54, 1.807) is 0 Å². The van der Waals surface area contributed by atoms with Crippen molar-refractivity contribution in [1.82, 2.24) is 19.7 Å². The molecule has 1 N–H and O–H groups in total. The molecule has 2 saturated carbocycles. The number of hydrogen-bond donors (Lipinski definition) is 1. The molecule has 0 bridgehead atoms. The molecule has 5 heteroatoms. The van der Waals surface area contributed by atoms with Crippen LogP contribution in [0.1, 0.15) is 51.1 Å². The van der Waals surface area contributed by atoms with E-state index in [2.05, 4.69) is 22.3 Å². The van der Waals surface area contributed by atoms with Crippen LogP contribution in [0.2, 0.25) is 0 Å². The smallest absolute Gasteiger partial charge is 0.223 e. The molecule has 5 nitrogen and oxygen atoms in total. The fourth-order valence-corrected chi connectivity index (χ4v) is 3.68. The number of aryl methyl sites for hydroxylation is 1. The molecule has 4 rings (SSSR count). The van der Waals surface area contributed by atoms with E-state index >= 15 is 0 Å². The van der Waals surface area contributed by atoms with Crippen LogP contribution in [-0.4, -0.2) is 25.8 Å². The second kappa shape index (κ2) is 6.54. The Morgan fingerprint density at radius 2 is 1.96 bits per heavy atom. The van der Waals surface area contributed by atoms with Crippen molar-refractivity contribution in [3.8, 4) is 11.3 Å². The van der Waals surface area contributed by atoms with Crippen molar-refractivity contribution in [2.45, 2.75) is 57.9 Å². The molecular formula is C19H27N5. The second-order valence-corrected chi connectivity index (χ2v) is 7.64. The van der Waals surface area contributed by atoms with Crippen molar-refractivity contribution in [2.24, 2.45) is 18.9 Å². The summed E-state index contributed by atoms with van der Waals surface area (Å²) in [6.45, 7) is 2.34. The van der Waals surface area contributed by atoms with Crippen LogP contribution in [0.4, 0.5) is 5.95 Å². The number of aromatic nitrogens is 4. The van der Waals surface area contributed by atoms with Crippen molar-refractivity contribution in [1.29, 1.82) is 0 Å². The van der Waals surface area contributed by atoms with Crippen molar-refractivity contribution < 1.29 is 0 Å². The number of nitrogens with zero attached hydrogens (tertiary/aromatic N) is 4. The Bertz CT molecular complexity index is 696. The summed E-state index contributed by atoms with van der Waals surface area (Å²) in [5.41, 5.74) is 3.45. The van der Waals surface area contributed by atoms with Crippen LogP contribution in [0, 0.1) is 11.8 Å². The molecule has 0 saturated heterocycles. The first-order valence-electron chi connectivity index (χ1n) is 9.30. The number of hydrogen-bond acceptors (Lipinski definition) is 4. The lowest BCUT2D eigenvalue weighted by Gasteiger charge is -2.26. The van der Waals surface area contributed by atoms with Gasteiger partial charge >= 0.3 is 0 Å². The maximum absolute atomic E-state index is 4.78. The van der Waals surface area contributed by atoms with Gasteiger partial charge in [0.25, 0.3) is 0 Å². The Hall–Kier alpha value is -1.91. The van der Waals surface area contributed by atoms with Crippen molar-refractivity contribution in [3.05, 3.63) is 24.2 Å². The zero-order chi connectivity index (χ0) is 16.5. The van der Waals surface area contributed by atoms with Gasteiger partial charge in [-0.1, -0.05) is 6.92 Å². The Kier molecular flexibility index (Phi) is 4.25. The minimum absolute atomic E-state index is 0.510. The van der Waals surface area contributed by atoms with Gasteiger partial charge in [0.05, 0.1) is 11.9 Å². The van der Waals surface area contributed by atoms with Gasteiger partial charge in [-0.05, 0) is 62.8 Å². The Balaban J connectivity index is 1.52. The molecule has 0 unspecified atom stereocenters. The quantitative estimate of drug-likeness (QED) is 0.908. The summed E-state index contributed by atoms with van der Waals surface area (Å²) in [7, 11) is 2.03. The fraction of sp³-hybridized carbons (Fsp3) is 0.632. The van der Waals surface area contributed by atoms with E-state index in [-0.39, 0.29) is 0 Å². The van der Waals surface area contributed by atoms with Gasteiger partial charge in [0.15, 0.2) is 0 Å². The highest BCUT2D eigenvalue weighted by Gasteiger charge is 2.25. The van der Waals surface area contributed by atoms with Crippen LogP contribution in [0.15, 0.2) is 18.5 Å². The summed E-state index contributed by atoms with van der Waals surface area (Å²) in [5.74, 6) is 2.45. The van der Waals surface area contributed by atoms with Crippen molar-refractivity contribution >= 4 is 5.95 Å². The zero-order valence-electron chi connectivity index (χ0n) is 14.7. The number of rotatable bonds is 5. The molecule has 2 aliphatic carbocycles. The topological polar surface area (TPSA) is 55.6 Å². The average molecular weight is 325 g/mol. The lowest BCUT2D eigenvalue weighted by molar-refractivity contribution is 0.360. The highest BCUT2D eigenvalue weighted by molar-refractivity contribution is 5.62. The maximum atomic E-state index is 4.78. The zero-order valence-corrected chi connectivity index (χ0v) is 14.7. The van der Waals surface area contributed by atoms with Crippen LogP contribution in [0.25, 0.3) is 11.3 Å². The monoisotopic (exact) mass is 325 g/mol. The molecule has 0 radical (unpaired) electrons. The summed E-state index contributed by atoms with van der Waals surface area (Å²) in [6.07, 6.45) is 12.7. The molecule has 0 spiro atoms. The van der Waals surface area contributed by atoms with E-state index < -0.39 is 0 Å². The van der Waals surface area contributed by atoms with Gasteiger partial charge in [-0.25, -0.2) is 9.97 Å². The molecule has 2 aliphatic rings. The second-order valence-electron chi connectivity index (χ2n) is 7.64. The summed E-state index contributed by atoms with van der Waals surface area (Å²) in [5, 5.41) is 8.00. The minimum atomic E-state index is 0.510.